The summed E-state index contributed by atoms with van der Waals surface area (Å²) in [7, 11) is 0. The molecule has 9 heteroatoms. The summed E-state index contributed by atoms with van der Waals surface area (Å²) in [6, 6.07) is 18.4. The minimum absolute atomic E-state index is 0.0198. The summed E-state index contributed by atoms with van der Waals surface area (Å²) in [5.74, 6) is -1.23. The van der Waals surface area contributed by atoms with Crippen molar-refractivity contribution in [1.29, 1.82) is 0 Å². The first-order valence-electron chi connectivity index (χ1n) is 11.0. The summed E-state index contributed by atoms with van der Waals surface area (Å²) in [6.45, 7) is 3.49. The van der Waals surface area contributed by atoms with E-state index >= 15 is 4.39 Å². The number of benzene rings is 3. The third-order valence-electron chi connectivity index (χ3n) is 5.60. The number of rotatable bonds is 5. The number of carbonyl (C=O) groups is 1. The number of fused-ring (bicyclic) bond motifs is 2. The van der Waals surface area contributed by atoms with Crippen LogP contribution in [0.2, 0.25) is 0 Å². The van der Waals surface area contributed by atoms with Gasteiger partial charge in [0.1, 0.15) is 5.82 Å². The molecule has 0 spiro atoms. The molecule has 8 nitrogen and oxygen atoms in total. The number of anilines is 1. The van der Waals surface area contributed by atoms with Gasteiger partial charge in [0.15, 0.2) is 5.69 Å². The van der Waals surface area contributed by atoms with Crippen LogP contribution in [0.15, 0.2) is 71.5 Å². The van der Waals surface area contributed by atoms with Gasteiger partial charge in [-0.3, -0.25) is 14.3 Å². The van der Waals surface area contributed by atoms with Crippen LogP contribution < -0.4 is 10.9 Å². The third-order valence-corrected chi connectivity index (χ3v) is 5.60. The molecule has 5 aromatic rings. The number of carbonyl (C=O) groups excluding carboxylic acids is 1. The first-order valence-corrected chi connectivity index (χ1v) is 11.0. The molecule has 3 N–H and O–H groups in total. The fourth-order valence-electron chi connectivity index (χ4n) is 4.06. The second kappa shape index (κ2) is 8.44. The number of aliphatic hydroxyl groups is 1. The highest BCUT2D eigenvalue weighted by Crippen LogP contribution is 2.28. The zero-order valence-electron chi connectivity index (χ0n) is 19.0. The quantitative estimate of drug-likeness (QED) is 0.357. The van der Waals surface area contributed by atoms with E-state index in [1.807, 2.05) is 12.1 Å². The molecule has 2 heterocycles. The molecule has 35 heavy (non-hydrogen) atoms. The number of nitrogens with zero attached hydrogens (tertiary/aromatic N) is 3. The van der Waals surface area contributed by atoms with Crippen LogP contribution in [0.1, 0.15) is 24.3 Å². The normalized spacial score (nSPS) is 11.8. The molecule has 0 bridgehead atoms. The van der Waals surface area contributed by atoms with Crippen molar-refractivity contribution in [1.82, 2.24) is 20.0 Å². The van der Waals surface area contributed by atoms with Gasteiger partial charge in [0.2, 0.25) is 0 Å². The number of aromatic nitrogens is 4. The maximum atomic E-state index is 15.1. The number of aromatic amines is 1. The number of amides is 1. The van der Waals surface area contributed by atoms with Crippen molar-refractivity contribution in [2.75, 3.05) is 5.32 Å². The lowest BCUT2D eigenvalue weighted by Crippen LogP contribution is -2.27. The van der Waals surface area contributed by atoms with Gasteiger partial charge in [-0.05, 0) is 38.1 Å². The maximum Gasteiger partial charge on any atom is 0.276 e. The Morgan fingerprint density at radius 1 is 1.06 bits per heavy atom. The van der Waals surface area contributed by atoms with Crippen LogP contribution in [0.3, 0.4) is 0 Å². The van der Waals surface area contributed by atoms with Crippen LogP contribution >= 0.6 is 0 Å². The molecule has 0 aliphatic heterocycles. The third kappa shape index (κ3) is 4.29. The summed E-state index contributed by atoms with van der Waals surface area (Å²) >= 11 is 0. The Morgan fingerprint density at radius 3 is 2.46 bits per heavy atom. The van der Waals surface area contributed by atoms with Gasteiger partial charge in [0.05, 0.1) is 34.4 Å². The Bertz CT molecular complexity index is 1650. The van der Waals surface area contributed by atoms with Gasteiger partial charge in [0.25, 0.3) is 11.5 Å². The van der Waals surface area contributed by atoms with E-state index in [1.165, 1.54) is 12.1 Å². The number of halogens is 1. The smallest absolute Gasteiger partial charge is 0.276 e. The van der Waals surface area contributed by atoms with E-state index in [0.717, 1.165) is 0 Å². The summed E-state index contributed by atoms with van der Waals surface area (Å²) in [5.41, 5.74) is 0.303. The highest BCUT2D eigenvalue weighted by atomic mass is 19.1. The highest BCUT2D eigenvalue weighted by Gasteiger charge is 2.22. The van der Waals surface area contributed by atoms with E-state index in [-0.39, 0.29) is 23.5 Å². The Labute approximate surface area is 199 Å². The molecule has 176 valence electrons. The molecule has 1 amide bonds. The van der Waals surface area contributed by atoms with Gasteiger partial charge < -0.3 is 10.4 Å². The van der Waals surface area contributed by atoms with Crippen molar-refractivity contribution in [3.63, 3.8) is 0 Å². The molecule has 0 saturated carbocycles. The van der Waals surface area contributed by atoms with Gasteiger partial charge in [-0.2, -0.15) is 10.2 Å². The Kier molecular flexibility index (Phi) is 5.41. The molecule has 5 rings (SSSR count). The molecular formula is C26H22FN5O3. The van der Waals surface area contributed by atoms with Gasteiger partial charge in [-0.1, -0.05) is 42.5 Å². The van der Waals surface area contributed by atoms with Gasteiger partial charge in [-0.15, -0.1) is 0 Å². The summed E-state index contributed by atoms with van der Waals surface area (Å²) in [4.78, 5) is 25.1. The predicted octanol–water partition coefficient (Wildman–Crippen LogP) is 4.10. The first-order chi connectivity index (χ1) is 16.7. The number of hydrogen-bond donors (Lipinski definition) is 3. The topological polar surface area (TPSA) is 113 Å². The van der Waals surface area contributed by atoms with Crippen molar-refractivity contribution >= 4 is 33.3 Å². The summed E-state index contributed by atoms with van der Waals surface area (Å²) in [6.07, 6.45) is 0. The van der Waals surface area contributed by atoms with E-state index in [1.54, 1.807) is 61.0 Å². The predicted molar refractivity (Wildman–Crippen MR) is 132 cm³/mol. The molecule has 0 fully saturated rings. The Morgan fingerprint density at radius 2 is 1.74 bits per heavy atom. The molecule has 2 aromatic heterocycles. The second-order valence-corrected chi connectivity index (χ2v) is 8.93. The lowest BCUT2D eigenvalue weighted by Gasteiger charge is -2.17. The zero-order chi connectivity index (χ0) is 24.7. The molecule has 0 saturated heterocycles. The second-order valence-electron chi connectivity index (χ2n) is 8.93. The minimum atomic E-state index is -1.04. The molecule has 0 radical (unpaired) electrons. The minimum Gasteiger partial charge on any atom is -0.389 e. The maximum absolute atomic E-state index is 15.1. The Balaban J connectivity index is 1.48. The lowest BCUT2D eigenvalue weighted by atomic mass is 10.0. The van der Waals surface area contributed by atoms with Gasteiger partial charge in [0, 0.05) is 16.3 Å². The molecule has 0 aliphatic carbocycles. The number of H-pyrrole nitrogens is 1. The molecular weight excluding hydrogens is 449 g/mol. The molecule has 0 unspecified atom stereocenters. The highest BCUT2D eigenvalue weighted by molar-refractivity contribution is 6.11. The van der Waals surface area contributed by atoms with E-state index in [0.29, 0.717) is 32.9 Å². The average Bonchev–Trinajstić information content (AvgIpc) is 3.18. The standard InChI is InChI=1S/C26H22FN5O3/c1-26(2,35)14-32-21-10-6-5-9-18(21)23(31-32)25(34)28-20-12-11-15(13-19(20)27)22-16-7-3-4-8-17(16)24(33)30-29-22/h3-13,35H,14H2,1-2H3,(H,28,34)(H,30,33). The fraction of sp³-hybridized carbons (Fsp3) is 0.154. The van der Waals surface area contributed by atoms with Crippen molar-refractivity contribution in [2.45, 2.75) is 26.0 Å². The van der Waals surface area contributed by atoms with Crippen molar-refractivity contribution < 1.29 is 14.3 Å². The first kappa shape index (κ1) is 22.4. The number of hydrogen-bond acceptors (Lipinski definition) is 5. The van der Waals surface area contributed by atoms with Crippen LogP contribution in [-0.2, 0) is 6.54 Å². The van der Waals surface area contributed by atoms with Crippen LogP contribution in [-0.4, -0.2) is 36.6 Å². The van der Waals surface area contributed by atoms with Crippen molar-refractivity contribution in [3.05, 3.63) is 88.6 Å². The largest absolute Gasteiger partial charge is 0.389 e. The van der Waals surface area contributed by atoms with E-state index in [4.69, 9.17) is 0 Å². The Hall–Kier alpha value is -4.37. The monoisotopic (exact) mass is 471 g/mol. The fourth-order valence-corrected chi connectivity index (χ4v) is 4.06. The van der Waals surface area contributed by atoms with E-state index in [9.17, 15) is 14.7 Å². The van der Waals surface area contributed by atoms with Crippen molar-refractivity contribution in [3.8, 4) is 11.3 Å². The van der Waals surface area contributed by atoms with E-state index < -0.39 is 17.3 Å². The van der Waals surface area contributed by atoms with Crippen LogP contribution in [0.5, 0.6) is 0 Å². The summed E-state index contributed by atoms with van der Waals surface area (Å²) in [5, 5.41) is 25.4. The number of nitrogens with one attached hydrogen (secondary N) is 2. The van der Waals surface area contributed by atoms with E-state index in [2.05, 4.69) is 20.6 Å². The molecule has 0 atom stereocenters. The zero-order valence-corrected chi connectivity index (χ0v) is 19.0. The van der Waals surface area contributed by atoms with Crippen LogP contribution in [0.25, 0.3) is 32.9 Å². The van der Waals surface area contributed by atoms with Gasteiger partial charge >= 0.3 is 0 Å². The molecule has 0 aliphatic rings. The average molecular weight is 471 g/mol. The summed E-state index contributed by atoms with van der Waals surface area (Å²) < 4.78 is 16.6. The van der Waals surface area contributed by atoms with Crippen molar-refractivity contribution in [2.24, 2.45) is 0 Å². The van der Waals surface area contributed by atoms with Gasteiger partial charge in [-0.25, -0.2) is 9.49 Å². The van der Waals surface area contributed by atoms with Crippen LogP contribution in [0, 0.1) is 5.82 Å². The lowest BCUT2D eigenvalue weighted by molar-refractivity contribution is 0.0588. The van der Waals surface area contributed by atoms with Crippen LogP contribution in [0.4, 0.5) is 10.1 Å². The number of para-hydroxylation sites is 1. The molecule has 3 aromatic carbocycles. The SMILES string of the molecule is CC(C)(O)Cn1nc(C(=O)Nc2ccc(-c3n[nH]c(=O)c4ccccc34)cc2F)c2ccccc21.